The van der Waals surface area contributed by atoms with Crippen molar-refractivity contribution < 1.29 is 42.1 Å². The minimum absolute atomic E-state index is 0.0265. The molecule has 6 amide bonds. The van der Waals surface area contributed by atoms with Gasteiger partial charge >= 0.3 is 0 Å². The molecule has 0 spiro atoms. The molecule has 4 aliphatic rings. The molecule has 3 aromatic carbocycles. The summed E-state index contributed by atoms with van der Waals surface area (Å²) >= 11 is 0. The fourth-order valence-electron chi connectivity index (χ4n) is 9.64. The molecule has 5 aromatic rings. The molecule has 2 aromatic heterocycles. The molecule has 0 radical (unpaired) electrons. The number of fused-ring (bicyclic) bond motifs is 2. The lowest BCUT2D eigenvalue weighted by molar-refractivity contribution is -0.136. The van der Waals surface area contributed by atoms with Crippen molar-refractivity contribution in [2.24, 2.45) is 0 Å². The fraction of sp³-hybridized carbons (Fsp3) is 0.375. The van der Waals surface area contributed by atoms with Crippen LogP contribution in [-0.4, -0.2) is 92.2 Å². The summed E-state index contributed by atoms with van der Waals surface area (Å²) < 4.78 is 36.3. The predicted molar refractivity (Wildman–Crippen MR) is 232 cm³/mol. The van der Waals surface area contributed by atoms with Crippen LogP contribution in [0, 0.1) is 37.3 Å². The van der Waals surface area contributed by atoms with Gasteiger partial charge in [0.25, 0.3) is 11.8 Å². The van der Waals surface area contributed by atoms with E-state index in [1.165, 1.54) is 12.1 Å². The summed E-state index contributed by atoms with van der Waals surface area (Å²) in [5.74, 6) is 2.70. The summed E-state index contributed by atoms with van der Waals surface area (Å²) in [6.07, 6.45) is 3.91. The van der Waals surface area contributed by atoms with Crippen molar-refractivity contribution in [3.05, 3.63) is 100 Å². The van der Waals surface area contributed by atoms with Crippen molar-refractivity contribution in [3.63, 3.8) is 0 Å². The number of carbonyl (C=O) groups excluding carboxylic acids is 6. The minimum Gasteiger partial charge on any atom is -0.361 e. The molecular weight excluding hydrogens is 839 g/mol. The maximum Gasteiger partial charge on any atom is 0.263 e. The van der Waals surface area contributed by atoms with Gasteiger partial charge < -0.3 is 19.3 Å². The van der Waals surface area contributed by atoms with Crippen molar-refractivity contribution in [2.45, 2.75) is 89.8 Å². The molecule has 0 bridgehead atoms. The molecule has 2 N–H and O–H groups in total. The summed E-state index contributed by atoms with van der Waals surface area (Å²) in [6, 6.07) is 12.7. The van der Waals surface area contributed by atoms with Gasteiger partial charge in [-0.3, -0.25) is 43.9 Å². The second-order valence-corrected chi connectivity index (χ2v) is 17.0. The molecule has 0 aliphatic carbocycles. The highest BCUT2D eigenvalue weighted by Crippen LogP contribution is 2.41. The number of unbranched alkanes of at least 4 members (excludes halogenated alkanes) is 1. The Morgan fingerprint density at radius 3 is 2.46 bits per heavy atom. The SMILES string of the molecule is Cc1noc(C)c1-c1ccc2c(c1)nc([C@@H]1CCCC(=O)N1c1ccc(F)c(F)c1)n2C1CCN(CC(=O)NCCCC#Cc2cccc3c2C(=O)N(C2CCC(=O)NC2=O)C3=O)CC1. The lowest BCUT2D eigenvalue weighted by Gasteiger charge is -2.38. The number of aromatic nitrogens is 3. The number of hydrogen-bond acceptors (Lipinski definition) is 10. The first-order valence-corrected chi connectivity index (χ1v) is 21.9. The maximum atomic E-state index is 14.6. The zero-order chi connectivity index (χ0) is 45.5. The molecule has 17 heteroatoms. The number of nitrogens with zero attached hydrogens (tertiary/aromatic N) is 6. The van der Waals surface area contributed by atoms with Crippen LogP contribution >= 0.6 is 0 Å². The zero-order valence-electron chi connectivity index (χ0n) is 35.9. The number of halogens is 2. The highest BCUT2D eigenvalue weighted by Gasteiger charge is 2.45. The number of piperidine rings is 3. The Balaban J connectivity index is 0.843. The van der Waals surface area contributed by atoms with Crippen molar-refractivity contribution in [1.29, 1.82) is 0 Å². The summed E-state index contributed by atoms with van der Waals surface area (Å²) in [7, 11) is 0. The number of anilines is 1. The maximum absolute atomic E-state index is 14.6. The van der Waals surface area contributed by atoms with Crippen molar-refractivity contribution >= 4 is 52.2 Å². The van der Waals surface area contributed by atoms with Gasteiger partial charge in [-0.15, -0.1) is 0 Å². The second-order valence-electron chi connectivity index (χ2n) is 17.0. The first-order chi connectivity index (χ1) is 31.4. The van der Waals surface area contributed by atoms with Gasteiger partial charge in [0.1, 0.15) is 17.6 Å². The van der Waals surface area contributed by atoms with Crippen molar-refractivity contribution in [1.82, 2.24) is 35.1 Å². The average Bonchev–Trinajstić information content (AvgIpc) is 3.92. The predicted octanol–water partition coefficient (Wildman–Crippen LogP) is 5.83. The average molecular weight is 885 g/mol. The smallest absolute Gasteiger partial charge is 0.263 e. The van der Waals surface area contributed by atoms with Crippen LogP contribution < -0.4 is 15.5 Å². The number of aryl methyl sites for hydroxylation is 2. The number of rotatable bonds is 10. The minimum atomic E-state index is -1.06. The molecule has 1 unspecified atom stereocenters. The quantitative estimate of drug-likeness (QED) is 0.0985. The number of nitrogens with one attached hydrogen (secondary N) is 2. The number of amides is 6. The third-order valence-electron chi connectivity index (χ3n) is 12.7. The molecular formula is C48H46F2N8O7. The van der Waals surface area contributed by atoms with E-state index in [-0.39, 0.29) is 60.5 Å². The first kappa shape index (κ1) is 43.2. The van der Waals surface area contributed by atoms with Gasteiger partial charge in [-0.25, -0.2) is 13.8 Å². The molecule has 3 saturated heterocycles. The molecule has 3 fully saturated rings. The highest BCUT2D eigenvalue weighted by molar-refractivity contribution is 6.24. The number of likely N-dealkylation sites (tertiary alicyclic amines) is 1. The van der Waals surface area contributed by atoms with Crippen LogP contribution in [0.2, 0.25) is 0 Å². The molecule has 0 saturated carbocycles. The highest BCUT2D eigenvalue weighted by atomic mass is 19.2. The summed E-state index contributed by atoms with van der Waals surface area (Å²) in [6.45, 7) is 5.57. The van der Waals surface area contributed by atoms with Crippen molar-refractivity contribution in [2.75, 3.05) is 31.1 Å². The van der Waals surface area contributed by atoms with Gasteiger partial charge in [-0.2, -0.15) is 0 Å². The van der Waals surface area contributed by atoms with E-state index in [1.807, 2.05) is 32.0 Å². The summed E-state index contributed by atoms with van der Waals surface area (Å²) in [4.78, 5) is 87.1. The Morgan fingerprint density at radius 1 is 0.892 bits per heavy atom. The van der Waals surface area contributed by atoms with Crippen LogP contribution in [-0.2, 0) is 19.2 Å². The second kappa shape index (κ2) is 17.8. The van der Waals surface area contributed by atoms with E-state index >= 15 is 0 Å². The number of carbonyl (C=O) groups is 6. The number of imide groups is 2. The van der Waals surface area contributed by atoms with Gasteiger partial charge in [0.15, 0.2) is 11.6 Å². The standard InChI is InChI=1S/C48H46F2N8O7/c1-27-43(28(2)65-54-27)30-13-16-37-36(24-30)52-45(38-11-7-12-42(61)56(38)32-14-15-34(49)35(50)25-32)57(37)31-19-22-55(23-20-31)26-41(60)51-21-5-3-4-8-29-9-6-10-33-44(29)48(64)58(47(33)63)39-17-18-40(59)53-46(39)62/h6,9-10,13-16,24-25,31,38-39H,3,5,7,11-12,17-23,26H2,1-2H3,(H,51,60)(H,53,59,62)/t38-,39?/m0/s1. The third kappa shape index (κ3) is 8.30. The third-order valence-corrected chi connectivity index (χ3v) is 12.7. The molecule has 4 aliphatic heterocycles. The van der Waals surface area contributed by atoms with E-state index in [1.54, 1.807) is 17.0 Å². The van der Waals surface area contributed by atoms with Gasteiger partial charge in [0.05, 0.1) is 40.4 Å². The summed E-state index contributed by atoms with van der Waals surface area (Å²) in [5.41, 5.74) is 5.07. The van der Waals surface area contributed by atoms with Crippen LogP contribution in [0.25, 0.3) is 22.2 Å². The van der Waals surface area contributed by atoms with Gasteiger partial charge in [-0.05, 0) is 94.3 Å². The number of hydrogen-bond donors (Lipinski definition) is 2. The fourth-order valence-corrected chi connectivity index (χ4v) is 9.64. The Hall–Kier alpha value is -7.06. The largest absolute Gasteiger partial charge is 0.361 e. The Labute approximate surface area is 372 Å². The molecule has 2 atom stereocenters. The van der Waals surface area contributed by atoms with E-state index in [0.29, 0.717) is 75.3 Å². The van der Waals surface area contributed by atoms with E-state index < -0.39 is 47.3 Å². The number of benzene rings is 3. The summed E-state index contributed by atoms with van der Waals surface area (Å²) in [5, 5.41) is 9.30. The van der Waals surface area contributed by atoms with Crippen LogP contribution in [0.15, 0.2) is 59.1 Å². The number of imidazole rings is 1. The topological polar surface area (TPSA) is 180 Å². The van der Waals surface area contributed by atoms with E-state index in [9.17, 15) is 37.5 Å². The normalized spacial score (nSPS) is 19.4. The van der Waals surface area contributed by atoms with Crippen LogP contribution in [0.3, 0.4) is 0 Å². The Kier molecular flexibility index (Phi) is 11.9. The first-order valence-electron chi connectivity index (χ1n) is 21.9. The molecule has 6 heterocycles. The van der Waals surface area contributed by atoms with E-state index in [4.69, 9.17) is 9.51 Å². The Bertz CT molecular complexity index is 2830. The van der Waals surface area contributed by atoms with Crippen LogP contribution in [0.1, 0.15) is 113 Å². The van der Waals surface area contributed by atoms with Crippen molar-refractivity contribution in [3.8, 4) is 23.0 Å². The molecule has 65 heavy (non-hydrogen) atoms. The Morgan fingerprint density at radius 2 is 1.71 bits per heavy atom. The lowest BCUT2D eigenvalue weighted by Crippen LogP contribution is -2.54. The van der Waals surface area contributed by atoms with E-state index in [2.05, 4.69) is 37.1 Å². The van der Waals surface area contributed by atoms with Crippen LogP contribution in [0.5, 0.6) is 0 Å². The molecule has 334 valence electrons. The van der Waals surface area contributed by atoms with Crippen LogP contribution in [0.4, 0.5) is 14.5 Å². The lowest BCUT2D eigenvalue weighted by atomic mass is 9.98. The molecule has 9 rings (SSSR count). The van der Waals surface area contributed by atoms with E-state index in [0.717, 1.165) is 44.9 Å². The van der Waals surface area contributed by atoms with Gasteiger partial charge in [0.2, 0.25) is 23.6 Å². The zero-order valence-corrected chi connectivity index (χ0v) is 35.9. The van der Waals surface area contributed by atoms with Gasteiger partial charge in [-0.1, -0.05) is 29.1 Å². The van der Waals surface area contributed by atoms with Gasteiger partial charge in [0, 0.05) is 67.8 Å². The monoisotopic (exact) mass is 884 g/mol. The molecule has 15 nitrogen and oxygen atoms in total.